The molecule has 92 valence electrons. The molecule has 4 heteroatoms. The molecule has 1 unspecified atom stereocenters. The number of aromatic nitrogens is 1. The van der Waals surface area contributed by atoms with E-state index in [-0.39, 0.29) is 11.9 Å². The van der Waals surface area contributed by atoms with E-state index in [4.69, 9.17) is 5.26 Å². The van der Waals surface area contributed by atoms with Crippen molar-refractivity contribution in [2.75, 3.05) is 0 Å². The van der Waals surface area contributed by atoms with E-state index >= 15 is 0 Å². The topological polar surface area (TPSA) is 68.7 Å². The first-order valence-electron chi connectivity index (χ1n) is 5.87. The van der Waals surface area contributed by atoms with E-state index in [0.29, 0.717) is 12.1 Å². The second kappa shape index (κ2) is 4.92. The number of amides is 1. The Morgan fingerprint density at radius 3 is 3.00 bits per heavy atom. The average molecular weight is 241 g/mol. The van der Waals surface area contributed by atoms with Crippen molar-refractivity contribution in [3.63, 3.8) is 0 Å². The summed E-state index contributed by atoms with van der Waals surface area (Å²) in [7, 11) is 0. The smallest absolute Gasteiger partial charge is 0.267 e. The summed E-state index contributed by atoms with van der Waals surface area (Å²) < 4.78 is 0. The number of carbonyl (C=O) groups is 1. The van der Waals surface area contributed by atoms with Crippen molar-refractivity contribution in [1.29, 1.82) is 5.26 Å². The summed E-state index contributed by atoms with van der Waals surface area (Å²) >= 11 is 0. The molecule has 1 heterocycles. The van der Waals surface area contributed by atoms with Crippen LogP contribution in [0.15, 0.2) is 24.3 Å². The van der Waals surface area contributed by atoms with Crippen molar-refractivity contribution in [3.05, 3.63) is 35.5 Å². The van der Waals surface area contributed by atoms with Crippen LogP contribution in [0.3, 0.4) is 0 Å². The zero-order valence-corrected chi connectivity index (χ0v) is 10.4. The number of carbonyl (C=O) groups excluding carboxylic acids is 1. The molecular weight excluding hydrogens is 226 g/mol. The number of fused-ring (bicyclic) bond motifs is 1. The molecule has 0 saturated carbocycles. The molecule has 0 bridgehead atoms. The molecule has 0 aliphatic carbocycles. The lowest BCUT2D eigenvalue weighted by Gasteiger charge is -2.08. The molecule has 2 rings (SSSR count). The summed E-state index contributed by atoms with van der Waals surface area (Å²) in [6.07, 6.45) is 0.311. The minimum absolute atomic E-state index is 0.143. The van der Waals surface area contributed by atoms with E-state index in [1.165, 1.54) is 0 Å². The summed E-state index contributed by atoms with van der Waals surface area (Å²) in [5.74, 6) is -0.174. The molecule has 4 nitrogen and oxygen atoms in total. The highest BCUT2D eigenvalue weighted by atomic mass is 16.1. The summed E-state index contributed by atoms with van der Waals surface area (Å²) in [5.41, 5.74) is 2.63. The third kappa shape index (κ3) is 2.51. The number of aryl methyl sites for hydroxylation is 1. The van der Waals surface area contributed by atoms with Crippen LogP contribution in [0.4, 0.5) is 0 Å². The molecule has 1 aromatic carbocycles. The molecule has 2 N–H and O–H groups in total. The van der Waals surface area contributed by atoms with Gasteiger partial charge >= 0.3 is 0 Å². The summed E-state index contributed by atoms with van der Waals surface area (Å²) in [4.78, 5) is 15.0. The lowest BCUT2D eigenvalue weighted by molar-refractivity contribution is 0.0936. The van der Waals surface area contributed by atoms with Crippen LogP contribution < -0.4 is 5.32 Å². The maximum Gasteiger partial charge on any atom is 0.267 e. The Kier molecular flexibility index (Phi) is 3.33. The molecule has 0 aliphatic rings. The van der Waals surface area contributed by atoms with Crippen LogP contribution in [-0.2, 0) is 0 Å². The number of nitriles is 1. The minimum Gasteiger partial charge on any atom is -0.351 e. The Morgan fingerprint density at radius 1 is 1.50 bits per heavy atom. The van der Waals surface area contributed by atoms with E-state index < -0.39 is 0 Å². The standard InChI is InChI=1S/C14H15N3O/c1-9-3-4-11-8-13(17-12(11)7-9)14(18)16-10(2)5-6-15/h3-4,7-8,10,17H,5H2,1-2H3,(H,16,18). The first kappa shape index (κ1) is 12.2. The Balaban J connectivity index is 2.21. The van der Waals surface area contributed by atoms with Crippen LogP contribution >= 0.6 is 0 Å². The molecule has 2 aromatic rings. The lowest BCUT2D eigenvalue weighted by Crippen LogP contribution is -2.32. The summed E-state index contributed by atoms with van der Waals surface area (Å²) in [5, 5.41) is 12.3. The maximum atomic E-state index is 11.9. The Labute approximate surface area is 106 Å². The quantitative estimate of drug-likeness (QED) is 0.866. The van der Waals surface area contributed by atoms with Gasteiger partial charge in [0.15, 0.2) is 0 Å². The van der Waals surface area contributed by atoms with E-state index in [0.717, 1.165) is 16.5 Å². The largest absolute Gasteiger partial charge is 0.351 e. The normalized spacial score (nSPS) is 12.1. The number of hydrogen-bond donors (Lipinski definition) is 2. The number of aromatic amines is 1. The van der Waals surface area contributed by atoms with E-state index in [1.807, 2.05) is 44.2 Å². The van der Waals surface area contributed by atoms with Crippen molar-refractivity contribution >= 4 is 16.8 Å². The number of rotatable bonds is 3. The van der Waals surface area contributed by atoms with Gasteiger partial charge in [-0.05, 0) is 31.5 Å². The lowest BCUT2D eigenvalue weighted by atomic mass is 10.2. The Morgan fingerprint density at radius 2 is 2.28 bits per heavy atom. The van der Waals surface area contributed by atoms with Crippen molar-refractivity contribution in [2.45, 2.75) is 26.3 Å². The van der Waals surface area contributed by atoms with Gasteiger partial charge in [-0.1, -0.05) is 12.1 Å². The third-order valence-corrected chi connectivity index (χ3v) is 2.80. The summed E-state index contributed by atoms with van der Waals surface area (Å²) in [6, 6.07) is 9.71. The molecule has 1 atom stereocenters. The van der Waals surface area contributed by atoms with Crippen molar-refractivity contribution < 1.29 is 4.79 Å². The van der Waals surface area contributed by atoms with Gasteiger partial charge in [0, 0.05) is 16.9 Å². The fourth-order valence-electron chi connectivity index (χ4n) is 1.85. The van der Waals surface area contributed by atoms with Gasteiger partial charge in [0.05, 0.1) is 12.5 Å². The predicted molar refractivity (Wildman–Crippen MR) is 70.2 cm³/mol. The first-order chi connectivity index (χ1) is 8.60. The zero-order chi connectivity index (χ0) is 13.1. The number of hydrogen-bond acceptors (Lipinski definition) is 2. The van der Waals surface area contributed by atoms with Crippen LogP contribution in [0.5, 0.6) is 0 Å². The van der Waals surface area contributed by atoms with E-state index in [1.54, 1.807) is 0 Å². The number of H-pyrrole nitrogens is 1. The summed E-state index contributed by atoms with van der Waals surface area (Å²) in [6.45, 7) is 3.82. The van der Waals surface area contributed by atoms with Crippen molar-refractivity contribution in [3.8, 4) is 6.07 Å². The van der Waals surface area contributed by atoms with Gasteiger partial charge < -0.3 is 10.3 Å². The maximum absolute atomic E-state index is 11.9. The molecule has 0 spiro atoms. The zero-order valence-electron chi connectivity index (χ0n) is 10.4. The fraction of sp³-hybridized carbons (Fsp3) is 0.286. The van der Waals surface area contributed by atoms with Crippen LogP contribution in [0.1, 0.15) is 29.4 Å². The second-order valence-electron chi connectivity index (χ2n) is 4.51. The second-order valence-corrected chi connectivity index (χ2v) is 4.51. The third-order valence-electron chi connectivity index (χ3n) is 2.80. The van der Waals surface area contributed by atoms with Gasteiger partial charge in [-0.3, -0.25) is 4.79 Å². The van der Waals surface area contributed by atoms with Gasteiger partial charge in [-0.2, -0.15) is 5.26 Å². The first-order valence-corrected chi connectivity index (χ1v) is 5.87. The van der Waals surface area contributed by atoms with Crippen molar-refractivity contribution in [2.24, 2.45) is 0 Å². The minimum atomic E-state index is -0.174. The van der Waals surface area contributed by atoms with E-state index in [2.05, 4.69) is 10.3 Å². The number of nitrogens with one attached hydrogen (secondary N) is 2. The molecule has 18 heavy (non-hydrogen) atoms. The SMILES string of the molecule is Cc1ccc2cc(C(=O)NC(C)CC#N)[nH]c2c1. The fourth-order valence-corrected chi connectivity index (χ4v) is 1.85. The Bertz CT molecular complexity index is 621. The highest BCUT2D eigenvalue weighted by Gasteiger charge is 2.12. The molecule has 1 aromatic heterocycles. The predicted octanol–water partition coefficient (Wildman–Crippen LogP) is 2.51. The van der Waals surface area contributed by atoms with Crippen LogP contribution in [-0.4, -0.2) is 16.9 Å². The van der Waals surface area contributed by atoms with Crippen molar-refractivity contribution in [1.82, 2.24) is 10.3 Å². The molecule has 0 aliphatic heterocycles. The average Bonchev–Trinajstić information content (AvgIpc) is 2.72. The van der Waals surface area contributed by atoms with Gasteiger partial charge in [0.2, 0.25) is 0 Å². The molecule has 0 saturated heterocycles. The highest BCUT2D eigenvalue weighted by molar-refractivity contribution is 5.98. The Hall–Kier alpha value is -2.28. The molecule has 1 amide bonds. The van der Waals surface area contributed by atoms with Gasteiger partial charge in [0.25, 0.3) is 5.91 Å². The molecule has 0 radical (unpaired) electrons. The van der Waals surface area contributed by atoms with Gasteiger partial charge in [-0.15, -0.1) is 0 Å². The highest BCUT2D eigenvalue weighted by Crippen LogP contribution is 2.16. The molecule has 0 fully saturated rings. The van der Waals surface area contributed by atoms with Gasteiger partial charge in [-0.25, -0.2) is 0 Å². The van der Waals surface area contributed by atoms with Crippen LogP contribution in [0.25, 0.3) is 10.9 Å². The van der Waals surface area contributed by atoms with Crippen LogP contribution in [0.2, 0.25) is 0 Å². The van der Waals surface area contributed by atoms with E-state index in [9.17, 15) is 4.79 Å². The van der Waals surface area contributed by atoms with Gasteiger partial charge in [0.1, 0.15) is 5.69 Å². The van der Waals surface area contributed by atoms with Crippen LogP contribution in [0, 0.1) is 18.3 Å². The number of benzene rings is 1. The molecular formula is C14H15N3O. The monoisotopic (exact) mass is 241 g/mol. The number of nitrogens with zero attached hydrogens (tertiary/aromatic N) is 1.